The molecule has 13 rings (SSSR count). The highest BCUT2D eigenvalue weighted by molar-refractivity contribution is 6.14. The summed E-state index contributed by atoms with van der Waals surface area (Å²) in [5, 5.41) is 7.42. The predicted octanol–water partition coefficient (Wildman–Crippen LogP) is 18.1. The van der Waals surface area contributed by atoms with Crippen LogP contribution in [0.2, 0.25) is 0 Å². The summed E-state index contributed by atoms with van der Waals surface area (Å²) in [6.07, 6.45) is 10.2. The zero-order valence-corrected chi connectivity index (χ0v) is 37.6. The van der Waals surface area contributed by atoms with Crippen molar-refractivity contribution in [3.63, 3.8) is 0 Å². The Balaban J connectivity index is 0.941. The van der Waals surface area contributed by atoms with Crippen LogP contribution in [-0.4, -0.2) is 0 Å². The molecule has 0 bridgehead atoms. The predicted molar refractivity (Wildman–Crippen MR) is 288 cm³/mol. The number of nitrogens with zero attached hydrogens (tertiary/aromatic N) is 1. The molecule has 2 aliphatic rings. The highest BCUT2D eigenvalue weighted by Gasteiger charge is 2.49. The molecular formula is C67H47N. The topological polar surface area (TPSA) is 3.24 Å². The molecule has 0 spiro atoms. The smallest absolute Gasteiger partial charge is 0.0546 e. The van der Waals surface area contributed by atoms with E-state index in [4.69, 9.17) is 0 Å². The summed E-state index contributed by atoms with van der Waals surface area (Å²) in [7, 11) is 0. The monoisotopic (exact) mass is 865 g/mol. The largest absolute Gasteiger partial charge is 0.310 e. The summed E-state index contributed by atoms with van der Waals surface area (Å²) in [6, 6.07) is 90.0. The Morgan fingerprint density at radius 2 is 0.971 bits per heavy atom. The maximum Gasteiger partial charge on any atom is 0.0546 e. The van der Waals surface area contributed by atoms with Crippen molar-refractivity contribution in [2.75, 3.05) is 4.90 Å². The second kappa shape index (κ2) is 16.4. The van der Waals surface area contributed by atoms with Crippen LogP contribution in [0, 0.1) is 5.92 Å². The average Bonchev–Trinajstić information content (AvgIpc) is 3.72. The number of hydrogen-bond acceptors (Lipinski definition) is 1. The minimum absolute atomic E-state index is 0.285. The Kier molecular flexibility index (Phi) is 9.61. The zero-order chi connectivity index (χ0) is 45.0. The first-order chi connectivity index (χ1) is 33.7. The summed E-state index contributed by atoms with van der Waals surface area (Å²) < 4.78 is 0. The van der Waals surface area contributed by atoms with Gasteiger partial charge in [-0.1, -0.05) is 231 Å². The molecule has 0 heterocycles. The van der Waals surface area contributed by atoms with Gasteiger partial charge in [-0.2, -0.15) is 0 Å². The second-order valence-electron chi connectivity index (χ2n) is 18.3. The van der Waals surface area contributed by atoms with Crippen LogP contribution < -0.4 is 4.90 Å². The standard InChI is InChI=1S/C67H47N/c1-4-19-49(20-5-1)66-57-27-13-10-18-47(57)36-42-58(66)48-34-40-55(41-35-48)68(65-45-51-21-11-12-26-56(51)59-28-14-15-30-61(59)65)54-38-32-46(33-39-54)50-37-43-64-62(44-50)60-29-16-17-31-63(60)67(64,52-22-6-2-7-23-52)53-24-8-3-9-25-53/h1-24,26-45,53H,25H2. The fraction of sp³-hybridized carbons (Fsp3) is 0.0448. The Morgan fingerprint density at radius 3 is 1.72 bits per heavy atom. The van der Waals surface area contributed by atoms with Gasteiger partial charge in [0.25, 0.3) is 0 Å². The summed E-state index contributed by atoms with van der Waals surface area (Å²) in [6.45, 7) is 0. The van der Waals surface area contributed by atoms with Crippen LogP contribution in [0.3, 0.4) is 0 Å². The van der Waals surface area contributed by atoms with E-state index in [1.54, 1.807) is 0 Å². The lowest BCUT2D eigenvalue weighted by molar-refractivity contribution is 0.457. The Bertz CT molecular complexity index is 3750. The SMILES string of the molecule is C1=CCC(C2(c3ccccc3)c3ccccc3-c3cc(-c4ccc(N(c5ccc(-c6ccc7ccccc7c6-c6ccccc6)cc5)c5cc6ccccc6c6ccccc56)cc4)ccc32)C=C1. The van der Waals surface area contributed by atoms with Crippen LogP contribution in [0.25, 0.3) is 76.8 Å². The molecule has 0 aromatic heterocycles. The van der Waals surface area contributed by atoms with Crippen LogP contribution in [0.4, 0.5) is 17.1 Å². The molecule has 1 heteroatoms. The van der Waals surface area contributed by atoms with E-state index in [-0.39, 0.29) is 5.41 Å². The first-order valence-electron chi connectivity index (χ1n) is 23.9. The lowest BCUT2D eigenvalue weighted by Crippen LogP contribution is -2.35. The van der Waals surface area contributed by atoms with Crippen molar-refractivity contribution in [1.82, 2.24) is 0 Å². The van der Waals surface area contributed by atoms with Crippen LogP contribution in [0.5, 0.6) is 0 Å². The molecular weight excluding hydrogens is 819 g/mol. The number of hydrogen-bond donors (Lipinski definition) is 0. The third-order valence-electron chi connectivity index (χ3n) is 14.7. The third-order valence-corrected chi connectivity index (χ3v) is 14.7. The number of allylic oxidation sites excluding steroid dienone is 4. The van der Waals surface area contributed by atoms with Gasteiger partial charge in [0.05, 0.1) is 11.1 Å². The number of fused-ring (bicyclic) bond motifs is 7. The van der Waals surface area contributed by atoms with E-state index in [9.17, 15) is 0 Å². The molecule has 1 nitrogen and oxygen atoms in total. The molecule has 0 fully saturated rings. The van der Waals surface area contributed by atoms with Crippen molar-refractivity contribution in [1.29, 1.82) is 0 Å². The van der Waals surface area contributed by atoms with Crippen molar-refractivity contribution in [2.24, 2.45) is 5.92 Å². The van der Waals surface area contributed by atoms with Gasteiger partial charge in [0.1, 0.15) is 0 Å². The normalized spacial score (nSPS) is 16.0. The number of rotatable bonds is 8. The third kappa shape index (κ3) is 6.38. The van der Waals surface area contributed by atoms with Gasteiger partial charge in [-0.05, 0) is 137 Å². The van der Waals surface area contributed by atoms with Crippen molar-refractivity contribution in [3.8, 4) is 44.5 Å². The van der Waals surface area contributed by atoms with Crippen LogP contribution >= 0.6 is 0 Å². The lowest BCUT2D eigenvalue weighted by atomic mass is 9.62. The van der Waals surface area contributed by atoms with E-state index in [1.807, 2.05) is 0 Å². The molecule has 2 atom stereocenters. The maximum absolute atomic E-state index is 2.44. The van der Waals surface area contributed by atoms with Crippen molar-refractivity contribution < 1.29 is 0 Å². The first kappa shape index (κ1) is 39.8. The van der Waals surface area contributed by atoms with Gasteiger partial charge in [-0.3, -0.25) is 0 Å². The van der Waals surface area contributed by atoms with Gasteiger partial charge < -0.3 is 4.90 Å². The molecule has 0 amide bonds. The summed E-state index contributed by atoms with van der Waals surface area (Å²) in [4.78, 5) is 2.44. The summed E-state index contributed by atoms with van der Waals surface area (Å²) >= 11 is 0. The average molecular weight is 866 g/mol. The quantitative estimate of drug-likeness (QED) is 0.138. The molecule has 11 aromatic carbocycles. The highest BCUT2D eigenvalue weighted by Crippen LogP contribution is 2.58. The molecule has 2 unspecified atom stereocenters. The molecule has 0 saturated heterocycles. The van der Waals surface area contributed by atoms with Gasteiger partial charge in [0.15, 0.2) is 0 Å². The van der Waals surface area contributed by atoms with Crippen LogP contribution in [-0.2, 0) is 5.41 Å². The minimum Gasteiger partial charge on any atom is -0.310 e. The highest BCUT2D eigenvalue weighted by atomic mass is 15.1. The van der Waals surface area contributed by atoms with Crippen LogP contribution in [0.1, 0.15) is 23.1 Å². The maximum atomic E-state index is 2.44. The molecule has 320 valence electrons. The molecule has 68 heavy (non-hydrogen) atoms. The molecule has 0 N–H and O–H groups in total. The minimum atomic E-state index is -0.285. The van der Waals surface area contributed by atoms with Gasteiger partial charge in [-0.25, -0.2) is 0 Å². The summed E-state index contributed by atoms with van der Waals surface area (Å²) in [5.74, 6) is 0.298. The lowest BCUT2D eigenvalue weighted by Gasteiger charge is -2.39. The molecule has 0 saturated carbocycles. The van der Waals surface area contributed by atoms with Gasteiger partial charge in [-0.15, -0.1) is 0 Å². The Morgan fingerprint density at radius 1 is 0.368 bits per heavy atom. The van der Waals surface area contributed by atoms with Crippen molar-refractivity contribution in [2.45, 2.75) is 11.8 Å². The van der Waals surface area contributed by atoms with Crippen molar-refractivity contribution >= 4 is 49.4 Å². The van der Waals surface area contributed by atoms with E-state index < -0.39 is 0 Å². The van der Waals surface area contributed by atoms with E-state index in [2.05, 4.69) is 272 Å². The van der Waals surface area contributed by atoms with Gasteiger partial charge in [0.2, 0.25) is 0 Å². The fourth-order valence-corrected chi connectivity index (χ4v) is 11.7. The molecule has 2 aliphatic carbocycles. The summed E-state index contributed by atoms with van der Waals surface area (Å²) in [5.41, 5.74) is 17.1. The fourth-order valence-electron chi connectivity index (χ4n) is 11.7. The Hall–Kier alpha value is -8.52. The van der Waals surface area contributed by atoms with E-state index >= 15 is 0 Å². The molecule has 11 aromatic rings. The van der Waals surface area contributed by atoms with Gasteiger partial charge in [0, 0.05) is 16.8 Å². The zero-order valence-electron chi connectivity index (χ0n) is 37.6. The molecule has 0 radical (unpaired) electrons. The van der Waals surface area contributed by atoms with Crippen LogP contribution in [0.15, 0.2) is 267 Å². The van der Waals surface area contributed by atoms with E-state index in [0.29, 0.717) is 5.92 Å². The second-order valence-corrected chi connectivity index (χ2v) is 18.3. The van der Waals surface area contributed by atoms with E-state index in [1.165, 1.54) is 93.5 Å². The van der Waals surface area contributed by atoms with Gasteiger partial charge >= 0.3 is 0 Å². The van der Waals surface area contributed by atoms with Crippen molar-refractivity contribution in [3.05, 3.63) is 284 Å². The Labute approximate surface area is 398 Å². The number of benzene rings is 11. The molecule has 0 aliphatic heterocycles. The first-order valence-corrected chi connectivity index (χ1v) is 23.9. The van der Waals surface area contributed by atoms with E-state index in [0.717, 1.165) is 23.5 Å². The number of anilines is 3.